The first-order valence-electron chi connectivity index (χ1n) is 22.4. The van der Waals surface area contributed by atoms with E-state index in [9.17, 15) is 0 Å². The fraction of sp³-hybridized carbons (Fsp3) is 0. The summed E-state index contributed by atoms with van der Waals surface area (Å²) >= 11 is 0. The average Bonchev–Trinajstić information content (AvgIpc) is 4.14. The lowest BCUT2D eigenvalue weighted by atomic mass is 10.1. The van der Waals surface area contributed by atoms with Crippen LogP contribution in [0.5, 0.6) is 0 Å². The van der Waals surface area contributed by atoms with E-state index >= 15 is 0 Å². The lowest BCUT2D eigenvalue weighted by Gasteiger charge is -2.11. The van der Waals surface area contributed by atoms with Gasteiger partial charge in [-0.1, -0.05) is 54.6 Å². The zero-order chi connectivity index (χ0) is 45.7. The van der Waals surface area contributed by atoms with Crippen LogP contribution in [0.3, 0.4) is 0 Å². The molecular formula is C57H36N12. The van der Waals surface area contributed by atoms with Crippen molar-refractivity contribution in [1.82, 2.24) is 58.6 Å². The quantitative estimate of drug-likeness (QED) is 0.139. The monoisotopic (exact) mass is 888 g/mol. The number of rotatable bonds is 9. The van der Waals surface area contributed by atoms with E-state index in [0.717, 1.165) is 101 Å². The Labute approximate surface area is 394 Å². The van der Waals surface area contributed by atoms with Crippen molar-refractivity contribution < 1.29 is 0 Å². The van der Waals surface area contributed by atoms with Crippen LogP contribution in [-0.4, -0.2) is 58.6 Å². The largest absolute Gasteiger partial charge is 0.292 e. The summed E-state index contributed by atoms with van der Waals surface area (Å²) in [5.41, 5.74) is 13.4. The number of aromatic nitrogens is 12. The molecule has 7 aromatic heterocycles. The standard InChI is InChI=1S/C57H36N12/c1-4-10-43(11-5-1)67-49-19-16-40(34-46(49)61-55(67)37-22-28-58-29-23-37)52-64-53(41-17-20-50-47(35-41)62-56(38-24-30-59-31-25-38)68(50)44-12-6-2-7-13-44)66-54(65-52)42-18-21-51-48(36-42)63-57(39-26-32-60-33-27-39)69(51)45-14-8-3-9-15-45/h1-36H. The molecule has 0 saturated heterocycles. The molecular weight excluding hydrogens is 853 g/mol. The van der Waals surface area contributed by atoms with E-state index in [1.54, 1.807) is 37.2 Å². The molecule has 0 atom stereocenters. The summed E-state index contributed by atoms with van der Waals surface area (Å²) in [5, 5.41) is 0. The van der Waals surface area contributed by atoms with Crippen molar-refractivity contribution in [3.63, 3.8) is 0 Å². The van der Waals surface area contributed by atoms with Crippen molar-refractivity contribution in [1.29, 1.82) is 0 Å². The Morgan fingerprint density at radius 3 is 0.797 bits per heavy atom. The van der Waals surface area contributed by atoms with Crippen LogP contribution < -0.4 is 0 Å². The highest BCUT2D eigenvalue weighted by molar-refractivity contribution is 5.90. The molecule has 0 spiro atoms. The maximum absolute atomic E-state index is 5.23. The van der Waals surface area contributed by atoms with Crippen molar-refractivity contribution in [3.8, 4) is 85.4 Å². The Bertz CT molecular complexity index is 3560. The average molecular weight is 889 g/mol. The molecule has 6 aromatic carbocycles. The predicted molar refractivity (Wildman–Crippen MR) is 270 cm³/mol. The molecule has 0 unspecified atom stereocenters. The Morgan fingerprint density at radius 1 is 0.246 bits per heavy atom. The fourth-order valence-electron chi connectivity index (χ4n) is 9.02. The fourth-order valence-corrected chi connectivity index (χ4v) is 9.02. The van der Waals surface area contributed by atoms with E-state index in [1.807, 2.05) is 91.0 Å². The van der Waals surface area contributed by atoms with E-state index in [1.165, 1.54) is 0 Å². The zero-order valence-electron chi connectivity index (χ0n) is 36.7. The van der Waals surface area contributed by atoms with Gasteiger partial charge in [0.2, 0.25) is 0 Å². The number of pyridine rings is 3. The first-order chi connectivity index (χ1) is 34.2. The normalized spacial score (nSPS) is 11.5. The summed E-state index contributed by atoms with van der Waals surface area (Å²) in [5.74, 6) is 3.90. The molecule has 0 aliphatic rings. The number of fused-ring (bicyclic) bond motifs is 3. The molecule has 0 saturated carbocycles. The van der Waals surface area contributed by atoms with Gasteiger partial charge in [0.25, 0.3) is 0 Å². The number of benzene rings is 6. The number of hydrogen-bond acceptors (Lipinski definition) is 9. The molecule has 69 heavy (non-hydrogen) atoms. The molecule has 12 nitrogen and oxygen atoms in total. The number of imidazole rings is 3. The van der Waals surface area contributed by atoms with Crippen molar-refractivity contribution in [2.24, 2.45) is 0 Å². The highest BCUT2D eigenvalue weighted by atomic mass is 15.1. The van der Waals surface area contributed by atoms with Crippen molar-refractivity contribution in [2.75, 3.05) is 0 Å². The third kappa shape index (κ3) is 7.07. The van der Waals surface area contributed by atoms with Crippen LogP contribution in [0.1, 0.15) is 0 Å². The molecule has 7 heterocycles. The van der Waals surface area contributed by atoms with Crippen LogP contribution in [0.15, 0.2) is 219 Å². The third-order valence-corrected chi connectivity index (χ3v) is 12.2. The Hall–Kier alpha value is -9.81. The summed E-state index contributed by atoms with van der Waals surface area (Å²) in [6.07, 6.45) is 10.7. The first-order valence-corrected chi connectivity index (χ1v) is 22.4. The molecule has 324 valence electrons. The number of nitrogens with zero attached hydrogens (tertiary/aromatic N) is 12. The zero-order valence-corrected chi connectivity index (χ0v) is 36.7. The molecule has 0 bridgehead atoms. The predicted octanol–water partition coefficient (Wildman–Crippen LogP) is 12.1. The van der Waals surface area contributed by atoms with E-state index in [4.69, 9.17) is 29.9 Å². The summed E-state index contributed by atoms with van der Waals surface area (Å²) in [6, 6.07) is 61.2. The second kappa shape index (κ2) is 16.6. The van der Waals surface area contributed by atoms with Crippen molar-refractivity contribution in [3.05, 3.63) is 219 Å². The summed E-state index contributed by atoms with van der Waals surface area (Å²) in [7, 11) is 0. The van der Waals surface area contributed by atoms with Crippen molar-refractivity contribution >= 4 is 33.1 Å². The number of para-hydroxylation sites is 3. The summed E-state index contributed by atoms with van der Waals surface area (Å²) in [6.45, 7) is 0. The molecule has 0 aliphatic carbocycles. The smallest absolute Gasteiger partial charge is 0.164 e. The van der Waals surface area contributed by atoms with E-state index in [0.29, 0.717) is 17.5 Å². The maximum Gasteiger partial charge on any atom is 0.164 e. The van der Waals surface area contributed by atoms with Gasteiger partial charge in [-0.2, -0.15) is 0 Å². The minimum Gasteiger partial charge on any atom is -0.292 e. The van der Waals surface area contributed by atoms with Crippen LogP contribution in [-0.2, 0) is 0 Å². The lowest BCUT2D eigenvalue weighted by molar-refractivity contribution is 1.07. The minimum absolute atomic E-state index is 0.497. The van der Waals surface area contributed by atoms with Crippen LogP contribution in [0.4, 0.5) is 0 Å². The van der Waals surface area contributed by atoms with Gasteiger partial charge in [-0.3, -0.25) is 28.7 Å². The van der Waals surface area contributed by atoms with Gasteiger partial charge >= 0.3 is 0 Å². The Kier molecular flexibility index (Phi) is 9.49. The Morgan fingerprint density at radius 2 is 0.522 bits per heavy atom. The molecule has 12 heteroatoms. The molecule has 13 aromatic rings. The Balaban J connectivity index is 1.01. The van der Waals surface area contributed by atoms with Crippen LogP contribution in [0.25, 0.3) is 118 Å². The van der Waals surface area contributed by atoms with Gasteiger partial charge in [-0.25, -0.2) is 29.9 Å². The van der Waals surface area contributed by atoms with Crippen LogP contribution in [0, 0.1) is 0 Å². The highest BCUT2D eigenvalue weighted by Crippen LogP contribution is 2.36. The molecule has 13 rings (SSSR count). The van der Waals surface area contributed by atoms with E-state index < -0.39 is 0 Å². The van der Waals surface area contributed by atoms with Crippen LogP contribution >= 0.6 is 0 Å². The number of hydrogen-bond donors (Lipinski definition) is 0. The second-order valence-corrected chi connectivity index (χ2v) is 16.4. The summed E-state index contributed by atoms with van der Waals surface area (Å²) < 4.78 is 6.52. The highest BCUT2D eigenvalue weighted by Gasteiger charge is 2.21. The second-order valence-electron chi connectivity index (χ2n) is 16.4. The minimum atomic E-state index is 0.497. The summed E-state index contributed by atoms with van der Waals surface area (Å²) in [4.78, 5) is 44.2. The van der Waals surface area contributed by atoms with Gasteiger partial charge in [-0.05, 0) is 127 Å². The first kappa shape index (κ1) is 39.5. The van der Waals surface area contributed by atoms with Gasteiger partial charge in [0.15, 0.2) is 17.5 Å². The van der Waals surface area contributed by atoms with Gasteiger partial charge in [0.05, 0.1) is 33.1 Å². The molecule has 0 amide bonds. The third-order valence-electron chi connectivity index (χ3n) is 12.2. The molecule has 0 N–H and O–H groups in total. The molecule has 0 fully saturated rings. The van der Waals surface area contributed by atoms with Gasteiger partial charge in [0, 0.05) is 87.6 Å². The van der Waals surface area contributed by atoms with Gasteiger partial charge < -0.3 is 0 Å². The van der Waals surface area contributed by atoms with Gasteiger partial charge in [-0.15, -0.1) is 0 Å². The molecule has 0 aliphatic heterocycles. The van der Waals surface area contributed by atoms with Crippen molar-refractivity contribution in [2.45, 2.75) is 0 Å². The lowest BCUT2D eigenvalue weighted by Crippen LogP contribution is -2.01. The van der Waals surface area contributed by atoms with Gasteiger partial charge in [0.1, 0.15) is 17.5 Å². The van der Waals surface area contributed by atoms with E-state index in [-0.39, 0.29) is 0 Å². The van der Waals surface area contributed by atoms with E-state index in [2.05, 4.69) is 120 Å². The SMILES string of the molecule is c1ccc(-n2c(-c3ccncc3)nc3cc(-c4nc(-c5ccc6c(c5)nc(-c5ccncc5)n6-c5ccccc5)nc(-c5ccc6c(c5)nc(-c5ccncc5)n6-c5ccccc5)n4)ccc32)cc1. The topological polar surface area (TPSA) is 131 Å². The molecule has 0 radical (unpaired) electrons. The van der Waals surface area contributed by atoms with Crippen LogP contribution in [0.2, 0.25) is 0 Å². The maximum atomic E-state index is 5.23.